The molecule has 0 saturated heterocycles. The van der Waals surface area contributed by atoms with Crippen molar-refractivity contribution in [2.75, 3.05) is 18.0 Å². The van der Waals surface area contributed by atoms with E-state index < -0.39 is 99.4 Å². The highest BCUT2D eigenvalue weighted by Crippen LogP contribution is 2.55. The first-order valence-corrected chi connectivity index (χ1v) is 11.5. The average molecular weight is 665 g/mol. The number of halogens is 18. The smallest absolute Gasteiger partial charge is 0.370 e. The molecule has 4 nitrogen and oxygen atoms in total. The molecule has 0 aromatic heterocycles. The van der Waals surface area contributed by atoms with Crippen LogP contribution in [0.3, 0.4) is 0 Å². The number of benzene rings is 1. The molecule has 1 aromatic rings. The number of rotatable bonds is 12. The highest BCUT2D eigenvalue weighted by molar-refractivity contribution is 7.86. The zero-order valence-corrected chi connectivity index (χ0v) is 19.9. The molecule has 0 aliphatic rings. The first-order valence-electron chi connectivity index (χ1n) is 10.0. The molecule has 1 N–H and O–H groups in total. The molecule has 1 rings (SSSR count). The van der Waals surface area contributed by atoms with Gasteiger partial charge in [0.05, 0.1) is 5.69 Å². The van der Waals surface area contributed by atoms with E-state index in [4.69, 9.17) is 0 Å². The Morgan fingerprint density at radius 2 is 0.878 bits per heavy atom. The minimum atomic E-state index is -7.45. The van der Waals surface area contributed by atoms with E-state index in [1.807, 2.05) is 0 Å². The molecule has 0 spiro atoms. The molecule has 0 fully saturated rings. The van der Waals surface area contributed by atoms with Crippen molar-refractivity contribution in [1.82, 2.24) is 0 Å². The molecule has 0 heterocycles. The Morgan fingerprint density at radius 1 is 0.561 bits per heavy atom. The molecule has 23 heteroatoms. The van der Waals surface area contributed by atoms with Crippen molar-refractivity contribution in [2.24, 2.45) is 0 Å². The maximum Gasteiger partial charge on any atom is 0.460 e. The second-order valence-electron chi connectivity index (χ2n) is 8.13. The molecule has 41 heavy (non-hydrogen) atoms. The molecular weight excluding hydrogens is 652 g/mol. The van der Waals surface area contributed by atoms with E-state index in [1.54, 1.807) is 0 Å². The molecule has 240 valence electrons. The van der Waals surface area contributed by atoms with Gasteiger partial charge < -0.3 is 4.90 Å². The van der Waals surface area contributed by atoms with E-state index in [2.05, 4.69) is 0 Å². The van der Waals surface area contributed by atoms with Crippen LogP contribution in [-0.4, -0.2) is 73.9 Å². The van der Waals surface area contributed by atoms with Crippen molar-refractivity contribution in [3.8, 4) is 0 Å². The lowest BCUT2D eigenvalue weighted by molar-refractivity contribution is -0.396. The van der Waals surface area contributed by atoms with Gasteiger partial charge in [0.1, 0.15) is 4.90 Å². The normalized spacial score (nSPS) is 15.3. The van der Waals surface area contributed by atoms with Gasteiger partial charge in [-0.25, -0.2) is 0 Å². The monoisotopic (exact) mass is 665 g/mol. The Hall–Kier alpha value is -2.33. The molecule has 0 radical (unpaired) electrons. The maximum atomic E-state index is 14.0. The van der Waals surface area contributed by atoms with Crippen molar-refractivity contribution in [1.29, 1.82) is 0 Å². The third-order valence-corrected chi connectivity index (χ3v) is 6.20. The maximum absolute atomic E-state index is 14.0. The van der Waals surface area contributed by atoms with Crippen LogP contribution in [0.25, 0.3) is 0 Å². The number of para-hydroxylation sites is 1. The van der Waals surface area contributed by atoms with E-state index in [-0.39, 0.29) is 0 Å². The first-order chi connectivity index (χ1) is 17.8. The number of alkyl halides is 18. The first kappa shape index (κ1) is 36.7. The van der Waals surface area contributed by atoms with Gasteiger partial charge >= 0.3 is 47.9 Å². The van der Waals surface area contributed by atoms with E-state index in [9.17, 15) is 92.0 Å². The fourth-order valence-electron chi connectivity index (χ4n) is 2.97. The fraction of sp³-hybridized carbons (Fsp3) is 0.667. The highest BCUT2D eigenvalue weighted by Gasteiger charge is 2.82. The SMILES string of the molecule is O=S(=O)(O)c1ccccc1N(CCC(F)(F)C(F)(F)C(F)(F)C(F)(F)F)CCC(F)(F)C(F)(F)C(F)(F)C(F)(F)F. The molecule has 0 aliphatic carbocycles. The molecule has 0 amide bonds. The van der Waals surface area contributed by atoms with Crippen molar-refractivity contribution in [3.63, 3.8) is 0 Å². The largest absolute Gasteiger partial charge is 0.460 e. The Kier molecular flexibility index (Phi) is 9.61. The molecule has 0 atom stereocenters. The van der Waals surface area contributed by atoms with Crippen molar-refractivity contribution >= 4 is 15.8 Å². The predicted molar refractivity (Wildman–Crippen MR) is 99.5 cm³/mol. The Morgan fingerprint density at radius 3 is 1.17 bits per heavy atom. The van der Waals surface area contributed by atoms with Gasteiger partial charge in [0.15, 0.2) is 0 Å². The number of hydrogen-bond acceptors (Lipinski definition) is 3. The topological polar surface area (TPSA) is 57.6 Å². The van der Waals surface area contributed by atoms with Crippen molar-refractivity contribution in [2.45, 2.75) is 65.6 Å². The summed E-state index contributed by atoms with van der Waals surface area (Å²) >= 11 is 0. The summed E-state index contributed by atoms with van der Waals surface area (Å²) in [5.41, 5.74) is -1.39. The standard InChI is InChI=1S/C18H13F18NO3S/c19-11(20,13(23,24)15(27,28)17(31,32)33)5-7-37(9-3-1-2-4-10(9)41(38,39)40)8-6-12(21,22)14(25,26)16(29,30)18(34,35)36/h1-4H,5-8H2,(H,38,39,40). The lowest BCUT2D eigenvalue weighted by Crippen LogP contribution is -2.62. The minimum Gasteiger partial charge on any atom is -0.370 e. The summed E-state index contributed by atoms with van der Waals surface area (Å²) in [6, 6.07) is 1.99. The lowest BCUT2D eigenvalue weighted by atomic mass is 9.99. The van der Waals surface area contributed by atoms with Gasteiger partial charge in [0.2, 0.25) is 0 Å². The van der Waals surface area contributed by atoms with E-state index in [1.165, 1.54) is 0 Å². The molecule has 0 bridgehead atoms. The third kappa shape index (κ3) is 6.69. The summed E-state index contributed by atoms with van der Waals surface area (Å²) in [6.07, 6.45) is -20.5. The lowest BCUT2D eigenvalue weighted by Gasteiger charge is -2.37. The van der Waals surface area contributed by atoms with E-state index in [0.717, 1.165) is 0 Å². The van der Waals surface area contributed by atoms with Gasteiger partial charge in [-0.3, -0.25) is 4.55 Å². The molecule has 0 unspecified atom stereocenters. The molecule has 0 aliphatic heterocycles. The molecular formula is C18H13F18NO3S. The summed E-state index contributed by atoms with van der Waals surface area (Å²) < 4.78 is 269. The fourth-order valence-corrected chi connectivity index (χ4v) is 3.68. The van der Waals surface area contributed by atoms with Crippen LogP contribution in [0, 0.1) is 0 Å². The van der Waals surface area contributed by atoms with Gasteiger partial charge in [-0.05, 0) is 12.1 Å². The average Bonchev–Trinajstić information content (AvgIpc) is 2.76. The van der Waals surface area contributed by atoms with E-state index in [0.29, 0.717) is 24.3 Å². The van der Waals surface area contributed by atoms with Crippen LogP contribution in [0.5, 0.6) is 0 Å². The van der Waals surface area contributed by atoms with Gasteiger partial charge in [0, 0.05) is 25.9 Å². The quantitative estimate of drug-likeness (QED) is 0.186. The van der Waals surface area contributed by atoms with Crippen LogP contribution in [0.15, 0.2) is 29.2 Å². The van der Waals surface area contributed by atoms with Gasteiger partial charge in [-0.15, -0.1) is 0 Å². The van der Waals surface area contributed by atoms with E-state index >= 15 is 0 Å². The van der Waals surface area contributed by atoms with Crippen LogP contribution in [0.2, 0.25) is 0 Å². The van der Waals surface area contributed by atoms with Gasteiger partial charge in [-0.2, -0.15) is 87.4 Å². The van der Waals surface area contributed by atoms with Crippen LogP contribution in [-0.2, 0) is 10.1 Å². The summed E-state index contributed by atoms with van der Waals surface area (Å²) in [5, 5.41) is 0. The summed E-state index contributed by atoms with van der Waals surface area (Å²) in [4.78, 5) is -2.00. The zero-order valence-electron chi connectivity index (χ0n) is 19.1. The number of nitrogens with zero attached hydrogens (tertiary/aromatic N) is 1. The predicted octanol–water partition coefficient (Wildman–Crippen LogP) is 7.46. The highest BCUT2D eigenvalue weighted by atomic mass is 32.2. The summed E-state index contributed by atoms with van der Waals surface area (Å²) in [5.74, 6) is -42.4. The van der Waals surface area contributed by atoms with Gasteiger partial charge in [0.25, 0.3) is 10.1 Å². The second-order valence-corrected chi connectivity index (χ2v) is 9.52. The third-order valence-electron chi connectivity index (χ3n) is 5.29. The van der Waals surface area contributed by atoms with Crippen LogP contribution in [0.1, 0.15) is 12.8 Å². The number of anilines is 1. The van der Waals surface area contributed by atoms with Crippen LogP contribution >= 0.6 is 0 Å². The van der Waals surface area contributed by atoms with Crippen molar-refractivity contribution in [3.05, 3.63) is 24.3 Å². The Bertz CT molecular complexity index is 1120. The summed E-state index contributed by atoms with van der Waals surface area (Å²) in [7, 11) is -5.58. The van der Waals surface area contributed by atoms with Gasteiger partial charge in [-0.1, -0.05) is 12.1 Å². The molecule has 0 saturated carbocycles. The van der Waals surface area contributed by atoms with Crippen LogP contribution in [0.4, 0.5) is 84.7 Å². The van der Waals surface area contributed by atoms with Crippen LogP contribution < -0.4 is 4.90 Å². The summed E-state index contributed by atoms with van der Waals surface area (Å²) in [6.45, 7) is -4.44. The van der Waals surface area contributed by atoms with Crippen molar-refractivity contribution < 1.29 is 92.0 Å². The number of hydrogen-bond donors (Lipinski definition) is 1. The second kappa shape index (κ2) is 10.7. The molecule has 1 aromatic carbocycles. The Labute approximate surface area is 216 Å². The minimum absolute atomic E-state index is 0.312. The Balaban J connectivity index is 3.57. The zero-order chi connectivity index (χ0) is 32.9.